The van der Waals surface area contributed by atoms with Gasteiger partial charge in [-0.05, 0) is 92.7 Å². The minimum atomic E-state index is -4.21. The zero-order chi connectivity index (χ0) is 24.1. The molecule has 2 aromatic rings. The van der Waals surface area contributed by atoms with Gasteiger partial charge in [0.15, 0.2) is 24.0 Å². The first-order chi connectivity index (χ1) is 16.1. The van der Waals surface area contributed by atoms with Crippen molar-refractivity contribution in [1.29, 1.82) is 0 Å². The van der Waals surface area contributed by atoms with Gasteiger partial charge in [-0.3, -0.25) is 9.52 Å². The summed E-state index contributed by atoms with van der Waals surface area (Å²) >= 11 is 0. The first-order valence-electron chi connectivity index (χ1n) is 11.4. The average molecular weight is 490 g/mol. The molecule has 0 aromatic heterocycles. The first kappa shape index (κ1) is 23.0. The second-order valence-corrected chi connectivity index (χ2v) is 11.6. The van der Waals surface area contributed by atoms with Crippen LogP contribution in [0.1, 0.15) is 48.9 Å². The van der Waals surface area contributed by atoms with E-state index in [0.29, 0.717) is 23.8 Å². The number of anilines is 1. The molecule has 0 saturated heterocycles. The lowest BCUT2D eigenvalue weighted by Crippen LogP contribution is -2.51. The van der Waals surface area contributed by atoms with E-state index in [0.717, 1.165) is 31.4 Å². The molecule has 0 spiro atoms. The van der Waals surface area contributed by atoms with Crippen molar-refractivity contribution in [3.8, 4) is 0 Å². The highest BCUT2D eigenvalue weighted by atomic mass is 32.2. The summed E-state index contributed by atoms with van der Waals surface area (Å²) in [5.41, 5.74) is -0.243. The van der Waals surface area contributed by atoms with Crippen LogP contribution in [0.5, 0.6) is 0 Å². The van der Waals surface area contributed by atoms with Crippen LogP contribution >= 0.6 is 0 Å². The van der Waals surface area contributed by atoms with E-state index in [1.807, 2.05) is 0 Å². The third-order valence-corrected chi connectivity index (χ3v) is 8.89. The summed E-state index contributed by atoms with van der Waals surface area (Å²) in [4.78, 5) is 25.2. The molecule has 34 heavy (non-hydrogen) atoms. The second-order valence-electron chi connectivity index (χ2n) is 9.96. The molecule has 0 atom stereocenters. The van der Waals surface area contributed by atoms with Crippen molar-refractivity contribution in [1.82, 2.24) is 0 Å². The van der Waals surface area contributed by atoms with Crippen molar-refractivity contribution in [2.75, 3.05) is 11.3 Å². The van der Waals surface area contributed by atoms with Crippen LogP contribution in [0.25, 0.3) is 0 Å². The molecule has 4 fully saturated rings. The van der Waals surface area contributed by atoms with E-state index in [-0.39, 0.29) is 29.1 Å². The fraction of sp³-hybridized carbons (Fsp3) is 0.440. The van der Waals surface area contributed by atoms with E-state index < -0.39 is 32.5 Å². The van der Waals surface area contributed by atoms with Crippen molar-refractivity contribution in [3.05, 3.63) is 59.7 Å². The number of sulfonamides is 1. The van der Waals surface area contributed by atoms with E-state index in [1.165, 1.54) is 43.5 Å². The molecular weight excluding hydrogens is 464 g/mol. The van der Waals surface area contributed by atoms with Gasteiger partial charge in [-0.25, -0.2) is 22.0 Å². The molecule has 0 unspecified atom stereocenters. The van der Waals surface area contributed by atoms with Gasteiger partial charge < -0.3 is 4.74 Å². The Kier molecular flexibility index (Phi) is 5.70. The highest BCUT2D eigenvalue weighted by Gasteiger charge is 2.54. The summed E-state index contributed by atoms with van der Waals surface area (Å²) in [7, 11) is -4.21. The number of hydrogen-bond donors (Lipinski definition) is 1. The molecule has 6 rings (SSSR count). The number of esters is 1. The summed E-state index contributed by atoms with van der Waals surface area (Å²) in [5, 5.41) is 0. The van der Waals surface area contributed by atoms with Gasteiger partial charge in [0, 0.05) is 11.1 Å². The fourth-order valence-corrected chi connectivity index (χ4v) is 7.45. The third-order valence-electron chi connectivity index (χ3n) is 7.52. The molecule has 0 aliphatic heterocycles. The van der Waals surface area contributed by atoms with Crippen molar-refractivity contribution in [2.24, 2.45) is 23.2 Å². The molecule has 4 aliphatic carbocycles. The van der Waals surface area contributed by atoms with Crippen LogP contribution in [0.2, 0.25) is 0 Å². The van der Waals surface area contributed by atoms with Gasteiger partial charge in [-0.1, -0.05) is 6.07 Å². The Bertz CT molecular complexity index is 1220. The van der Waals surface area contributed by atoms with Crippen LogP contribution in [-0.4, -0.2) is 26.8 Å². The number of Topliss-reactive ketones (excluding diaryl/α,β-unsaturated/α-hetero) is 1. The Hall–Kier alpha value is -2.81. The number of hydrogen-bond acceptors (Lipinski definition) is 5. The maximum atomic E-state index is 13.4. The number of benzene rings is 2. The lowest BCUT2D eigenvalue weighted by atomic mass is 9.48. The molecule has 9 heteroatoms. The zero-order valence-corrected chi connectivity index (χ0v) is 19.2. The number of carbonyl (C=O) groups excluding carboxylic acids is 2. The maximum Gasteiger partial charge on any atom is 0.338 e. The highest BCUT2D eigenvalue weighted by molar-refractivity contribution is 7.92. The molecule has 180 valence electrons. The maximum absolute atomic E-state index is 13.4. The van der Waals surface area contributed by atoms with Gasteiger partial charge in [-0.2, -0.15) is 0 Å². The molecule has 4 bridgehead atoms. The number of rotatable bonds is 7. The summed E-state index contributed by atoms with van der Waals surface area (Å²) in [6.07, 6.45) is 6.28. The minimum absolute atomic E-state index is 0.0184. The van der Waals surface area contributed by atoms with E-state index >= 15 is 0 Å². The number of carbonyl (C=O) groups is 2. The van der Waals surface area contributed by atoms with Crippen molar-refractivity contribution < 1.29 is 31.5 Å². The molecular formula is C25H25F2NO5S. The van der Waals surface area contributed by atoms with E-state index in [4.69, 9.17) is 4.74 Å². The molecule has 0 radical (unpaired) electrons. The summed E-state index contributed by atoms with van der Waals surface area (Å²) in [6.45, 7) is -0.296. The van der Waals surface area contributed by atoms with Crippen LogP contribution < -0.4 is 4.72 Å². The summed E-state index contributed by atoms with van der Waals surface area (Å²) in [6, 6.07) is 7.83. The zero-order valence-electron chi connectivity index (χ0n) is 18.4. The Morgan fingerprint density at radius 2 is 1.59 bits per heavy atom. The van der Waals surface area contributed by atoms with Crippen LogP contribution in [0.4, 0.5) is 14.5 Å². The molecule has 0 heterocycles. The molecule has 0 amide bonds. The largest absolute Gasteiger partial charge is 0.454 e. The van der Waals surface area contributed by atoms with Crippen LogP contribution in [0.3, 0.4) is 0 Å². The van der Waals surface area contributed by atoms with E-state index in [2.05, 4.69) is 4.72 Å². The molecule has 4 aliphatic rings. The Balaban J connectivity index is 1.24. The smallest absolute Gasteiger partial charge is 0.338 e. The van der Waals surface area contributed by atoms with Crippen LogP contribution in [0.15, 0.2) is 47.4 Å². The molecule has 2 aromatic carbocycles. The van der Waals surface area contributed by atoms with Crippen molar-refractivity contribution >= 4 is 27.5 Å². The Morgan fingerprint density at radius 1 is 0.941 bits per heavy atom. The highest BCUT2D eigenvalue weighted by Crippen LogP contribution is 2.60. The predicted octanol–water partition coefficient (Wildman–Crippen LogP) is 4.71. The second kappa shape index (κ2) is 8.45. The van der Waals surface area contributed by atoms with Crippen LogP contribution in [-0.2, 0) is 19.6 Å². The topological polar surface area (TPSA) is 89.5 Å². The molecule has 6 nitrogen and oxygen atoms in total. The summed E-state index contributed by atoms with van der Waals surface area (Å²) in [5.74, 6) is -1.39. The number of ether oxygens (including phenoxy) is 1. The monoisotopic (exact) mass is 489 g/mol. The lowest BCUT2D eigenvalue weighted by Gasteiger charge is -2.55. The lowest BCUT2D eigenvalue weighted by molar-refractivity contribution is -0.147. The van der Waals surface area contributed by atoms with Gasteiger partial charge >= 0.3 is 5.97 Å². The van der Waals surface area contributed by atoms with Crippen LogP contribution in [0, 0.1) is 34.8 Å². The fourth-order valence-electron chi connectivity index (χ4n) is 6.39. The third kappa shape index (κ3) is 4.33. The Labute approximate surface area is 196 Å². The SMILES string of the molecule is O=C(OCC(=O)C12CC3CC(CC(C3)C1)C2)c1cccc(NS(=O)(=O)c2ccc(F)c(F)c2)c1. The van der Waals surface area contributed by atoms with Gasteiger partial charge in [0.25, 0.3) is 10.0 Å². The molecule has 1 N–H and O–H groups in total. The molecule has 4 saturated carbocycles. The van der Waals surface area contributed by atoms with E-state index in [9.17, 15) is 26.8 Å². The van der Waals surface area contributed by atoms with E-state index in [1.54, 1.807) is 0 Å². The first-order valence-corrected chi connectivity index (χ1v) is 12.9. The minimum Gasteiger partial charge on any atom is -0.454 e. The summed E-state index contributed by atoms with van der Waals surface area (Å²) < 4.78 is 59.1. The Morgan fingerprint density at radius 3 is 2.21 bits per heavy atom. The number of halogens is 2. The quantitative estimate of drug-likeness (QED) is 0.569. The van der Waals surface area contributed by atoms with Gasteiger partial charge in [-0.15, -0.1) is 0 Å². The predicted molar refractivity (Wildman–Crippen MR) is 120 cm³/mol. The standard InChI is InChI=1S/C25H25F2NO5S/c26-21-5-4-20(10-22(21)27)34(31,32)28-19-3-1-2-18(9-19)24(30)33-14-23(29)25-11-15-6-16(12-25)8-17(7-15)13-25/h1-5,9-10,15-17,28H,6-8,11-14H2. The van der Waals surface area contributed by atoms with Crippen molar-refractivity contribution in [2.45, 2.75) is 43.4 Å². The number of ketones is 1. The average Bonchev–Trinajstić information content (AvgIpc) is 2.78. The normalized spacial score (nSPS) is 27.4. The number of nitrogens with one attached hydrogen (secondary N) is 1. The van der Waals surface area contributed by atoms with Gasteiger partial charge in [0.2, 0.25) is 0 Å². The van der Waals surface area contributed by atoms with Crippen molar-refractivity contribution in [3.63, 3.8) is 0 Å². The van der Waals surface area contributed by atoms with Gasteiger partial charge in [0.05, 0.1) is 10.5 Å². The van der Waals surface area contributed by atoms with Gasteiger partial charge in [0.1, 0.15) is 0 Å².